The van der Waals surface area contributed by atoms with Gasteiger partial charge in [-0.3, -0.25) is 10.1 Å². The van der Waals surface area contributed by atoms with E-state index in [-0.39, 0.29) is 30.6 Å². The number of nitrogens with zero attached hydrogens (tertiary/aromatic N) is 2. The molecule has 8 heteroatoms. The Bertz CT molecular complexity index is 434. The van der Waals surface area contributed by atoms with E-state index in [4.69, 9.17) is 14.9 Å². The SMILES string of the molecule is COc1nc(NC(CO)CO)c([N+](=O)[O-])cc1C. The molecule has 18 heavy (non-hydrogen) atoms. The molecule has 0 aromatic carbocycles. The minimum Gasteiger partial charge on any atom is -0.481 e. The van der Waals surface area contributed by atoms with E-state index in [1.807, 2.05) is 0 Å². The summed E-state index contributed by atoms with van der Waals surface area (Å²) in [6.07, 6.45) is 0. The van der Waals surface area contributed by atoms with Gasteiger partial charge in [-0.05, 0) is 6.92 Å². The zero-order valence-corrected chi connectivity index (χ0v) is 10.1. The third-order valence-corrected chi connectivity index (χ3v) is 2.32. The number of methoxy groups -OCH3 is 1. The molecule has 100 valence electrons. The number of ether oxygens (including phenoxy) is 1. The van der Waals surface area contributed by atoms with E-state index in [0.29, 0.717) is 5.56 Å². The van der Waals surface area contributed by atoms with Gasteiger partial charge in [-0.2, -0.15) is 4.98 Å². The van der Waals surface area contributed by atoms with Crippen LogP contribution in [0, 0.1) is 17.0 Å². The highest BCUT2D eigenvalue weighted by molar-refractivity contribution is 5.59. The number of nitrogens with one attached hydrogen (secondary N) is 1. The fraction of sp³-hybridized carbons (Fsp3) is 0.500. The minimum atomic E-state index is -0.719. The van der Waals surface area contributed by atoms with Gasteiger partial charge in [0.15, 0.2) is 0 Å². The Balaban J connectivity index is 3.17. The number of pyridine rings is 1. The molecule has 0 saturated carbocycles. The topological polar surface area (TPSA) is 118 Å². The predicted molar refractivity (Wildman–Crippen MR) is 63.8 cm³/mol. The molecule has 1 aromatic heterocycles. The van der Waals surface area contributed by atoms with Gasteiger partial charge in [-0.15, -0.1) is 0 Å². The Morgan fingerprint density at radius 1 is 1.56 bits per heavy atom. The molecule has 0 atom stereocenters. The third kappa shape index (κ3) is 3.05. The third-order valence-electron chi connectivity index (χ3n) is 2.32. The van der Waals surface area contributed by atoms with Crippen molar-refractivity contribution < 1.29 is 19.9 Å². The summed E-state index contributed by atoms with van der Waals surface area (Å²) in [5.41, 5.74) is 0.291. The summed E-state index contributed by atoms with van der Waals surface area (Å²) in [6, 6.07) is 0.601. The van der Waals surface area contributed by atoms with E-state index in [1.165, 1.54) is 13.2 Å². The van der Waals surface area contributed by atoms with Crippen molar-refractivity contribution in [3.63, 3.8) is 0 Å². The number of aryl methyl sites for hydroxylation is 1. The lowest BCUT2D eigenvalue weighted by Gasteiger charge is -2.15. The van der Waals surface area contributed by atoms with Gasteiger partial charge in [0.2, 0.25) is 11.7 Å². The average Bonchev–Trinajstić information content (AvgIpc) is 2.36. The number of aromatic nitrogens is 1. The largest absolute Gasteiger partial charge is 0.481 e. The molecule has 0 aliphatic carbocycles. The standard InChI is InChI=1S/C10H15N3O5/c1-6-3-8(13(16)17)9(12-10(6)18-2)11-7(4-14)5-15/h3,7,14-15H,4-5H2,1-2H3,(H,11,12). The van der Waals surface area contributed by atoms with Crippen molar-refractivity contribution in [3.8, 4) is 5.88 Å². The summed E-state index contributed by atoms with van der Waals surface area (Å²) in [6.45, 7) is 0.898. The molecular formula is C10H15N3O5. The quantitative estimate of drug-likeness (QED) is 0.487. The molecule has 0 aliphatic rings. The minimum absolute atomic E-state index is 0.0458. The zero-order chi connectivity index (χ0) is 13.7. The summed E-state index contributed by atoms with van der Waals surface area (Å²) in [4.78, 5) is 14.3. The molecule has 8 nitrogen and oxygen atoms in total. The van der Waals surface area contributed by atoms with Crippen LogP contribution in [0.15, 0.2) is 6.07 Å². The second-order valence-corrected chi connectivity index (χ2v) is 3.65. The molecule has 0 unspecified atom stereocenters. The highest BCUT2D eigenvalue weighted by Gasteiger charge is 2.21. The molecule has 1 heterocycles. The van der Waals surface area contributed by atoms with E-state index in [0.717, 1.165) is 0 Å². The Kier molecular flexibility index (Phi) is 4.81. The van der Waals surface area contributed by atoms with Crippen molar-refractivity contribution in [1.29, 1.82) is 0 Å². The van der Waals surface area contributed by atoms with E-state index in [9.17, 15) is 10.1 Å². The monoisotopic (exact) mass is 257 g/mol. The Morgan fingerprint density at radius 2 is 2.17 bits per heavy atom. The first kappa shape index (κ1) is 14.1. The van der Waals surface area contributed by atoms with Crippen LogP contribution in [0.25, 0.3) is 0 Å². The van der Waals surface area contributed by atoms with Crippen LogP contribution in [0.2, 0.25) is 0 Å². The first-order valence-corrected chi connectivity index (χ1v) is 5.21. The van der Waals surface area contributed by atoms with Crippen LogP contribution in [-0.4, -0.2) is 46.5 Å². The molecular weight excluding hydrogens is 242 g/mol. The lowest BCUT2D eigenvalue weighted by molar-refractivity contribution is -0.384. The number of hydrogen-bond acceptors (Lipinski definition) is 7. The van der Waals surface area contributed by atoms with Crippen LogP contribution >= 0.6 is 0 Å². The van der Waals surface area contributed by atoms with Gasteiger partial charge in [-0.25, -0.2) is 0 Å². The number of aliphatic hydroxyl groups excluding tert-OH is 2. The maximum Gasteiger partial charge on any atom is 0.311 e. The van der Waals surface area contributed by atoms with Gasteiger partial charge in [0, 0.05) is 11.6 Å². The van der Waals surface area contributed by atoms with Gasteiger partial charge >= 0.3 is 5.69 Å². The van der Waals surface area contributed by atoms with Crippen LogP contribution in [0.1, 0.15) is 5.56 Å². The molecule has 1 aromatic rings. The van der Waals surface area contributed by atoms with Crippen LogP contribution in [0.4, 0.5) is 11.5 Å². The van der Waals surface area contributed by atoms with Gasteiger partial charge < -0.3 is 20.3 Å². The highest BCUT2D eigenvalue weighted by atomic mass is 16.6. The number of nitro groups is 1. The maximum absolute atomic E-state index is 10.9. The molecule has 0 fully saturated rings. The van der Waals surface area contributed by atoms with Crippen molar-refractivity contribution in [2.75, 3.05) is 25.6 Å². The maximum atomic E-state index is 10.9. The molecule has 0 aliphatic heterocycles. The second-order valence-electron chi connectivity index (χ2n) is 3.65. The summed E-state index contributed by atoms with van der Waals surface area (Å²) >= 11 is 0. The van der Waals surface area contributed by atoms with E-state index in [1.54, 1.807) is 6.92 Å². The second kappa shape index (κ2) is 6.12. The summed E-state index contributed by atoms with van der Waals surface area (Å²) in [5, 5.41) is 31.4. The summed E-state index contributed by atoms with van der Waals surface area (Å²) in [5.74, 6) is 0.202. The van der Waals surface area contributed by atoms with Crippen molar-refractivity contribution >= 4 is 11.5 Å². The smallest absolute Gasteiger partial charge is 0.311 e. The molecule has 0 bridgehead atoms. The van der Waals surface area contributed by atoms with Crippen molar-refractivity contribution in [3.05, 3.63) is 21.7 Å². The van der Waals surface area contributed by atoms with Crippen LogP contribution in [-0.2, 0) is 0 Å². The number of aliphatic hydroxyl groups is 2. The number of rotatable bonds is 6. The average molecular weight is 257 g/mol. The van der Waals surface area contributed by atoms with Crippen molar-refractivity contribution in [1.82, 2.24) is 4.98 Å². The van der Waals surface area contributed by atoms with Crippen LogP contribution in [0.3, 0.4) is 0 Å². The lowest BCUT2D eigenvalue weighted by Crippen LogP contribution is -2.28. The fourth-order valence-electron chi connectivity index (χ4n) is 1.38. The Morgan fingerprint density at radius 3 is 2.61 bits per heavy atom. The molecule has 0 saturated heterocycles. The zero-order valence-electron chi connectivity index (χ0n) is 10.1. The first-order chi connectivity index (χ1) is 8.53. The first-order valence-electron chi connectivity index (χ1n) is 5.21. The summed E-state index contributed by atoms with van der Waals surface area (Å²) in [7, 11) is 1.40. The Hall–Kier alpha value is -1.93. The highest BCUT2D eigenvalue weighted by Crippen LogP contribution is 2.28. The number of hydrogen-bond donors (Lipinski definition) is 3. The molecule has 0 radical (unpaired) electrons. The molecule has 0 spiro atoms. The molecule has 3 N–H and O–H groups in total. The van der Waals surface area contributed by atoms with Gasteiger partial charge in [0.25, 0.3) is 0 Å². The fourth-order valence-corrected chi connectivity index (χ4v) is 1.38. The Labute approximate surface area is 103 Å². The van der Waals surface area contributed by atoms with E-state index < -0.39 is 11.0 Å². The van der Waals surface area contributed by atoms with Gasteiger partial charge in [0.1, 0.15) is 0 Å². The van der Waals surface area contributed by atoms with E-state index in [2.05, 4.69) is 10.3 Å². The van der Waals surface area contributed by atoms with Crippen LogP contribution < -0.4 is 10.1 Å². The molecule has 1 rings (SSSR count). The summed E-state index contributed by atoms with van der Waals surface area (Å²) < 4.78 is 4.97. The molecule has 0 amide bonds. The van der Waals surface area contributed by atoms with E-state index >= 15 is 0 Å². The van der Waals surface area contributed by atoms with Crippen LogP contribution in [0.5, 0.6) is 5.88 Å². The normalized spacial score (nSPS) is 10.5. The number of anilines is 1. The van der Waals surface area contributed by atoms with Gasteiger partial charge in [-0.1, -0.05) is 0 Å². The predicted octanol–water partition coefficient (Wildman–Crippen LogP) is 0.0719. The lowest BCUT2D eigenvalue weighted by atomic mass is 10.2. The van der Waals surface area contributed by atoms with Gasteiger partial charge in [0.05, 0.1) is 31.3 Å². The van der Waals surface area contributed by atoms with Crippen molar-refractivity contribution in [2.45, 2.75) is 13.0 Å². The van der Waals surface area contributed by atoms with Crippen molar-refractivity contribution in [2.24, 2.45) is 0 Å².